The van der Waals surface area contributed by atoms with Gasteiger partial charge in [-0.3, -0.25) is 0 Å². The molecule has 12 rings (SSSR count). The molecule has 9 aromatic rings. The van der Waals surface area contributed by atoms with Gasteiger partial charge in [0, 0.05) is 10.8 Å². The molecule has 0 fully saturated rings. The van der Waals surface area contributed by atoms with Gasteiger partial charge in [0.05, 0.1) is 0 Å². The Morgan fingerprint density at radius 1 is 0.286 bits per heavy atom. The topological polar surface area (TPSA) is 0 Å². The highest BCUT2D eigenvalue weighted by Gasteiger charge is 2.41. The molecule has 264 valence electrons. The van der Waals surface area contributed by atoms with Crippen LogP contribution in [0, 0.1) is 0 Å². The molecule has 0 heterocycles. The summed E-state index contributed by atoms with van der Waals surface area (Å²) in [6, 6.07) is 64.3. The molecular formula is C56H40. The van der Waals surface area contributed by atoms with Crippen molar-refractivity contribution < 1.29 is 0 Å². The molecular weight excluding hydrogens is 673 g/mol. The van der Waals surface area contributed by atoms with Gasteiger partial charge in [-0.2, -0.15) is 0 Å². The SMILES string of the molecule is CC1(C)c2ccccc2-c2cc3c(cc21)-c1ccc(-c2cccc(-c4c5c(c(-c6ccccc6)c6ccccc46)-c4cccc6cccc-5c46)c2)cc1C3(C)C. The summed E-state index contributed by atoms with van der Waals surface area (Å²) in [7, 11) is 0. The van der Waals surface area contributed by atoms with E-state index in [4.69, 9.17) is 0 Å². The molecule has 0 amide bonds. The van der Waals surface area contributed by atoms with Gasteiger partial charge in [0.1, 0.15) is 0 Å². The van der Waals surface area contributed by atoms with Crippen molar-refractivity contribution >= 4 is 21.5 Å². The number of fused-ring (bicyclic) bond motifs is 10. The first-order valence-corrected chi connectivity index (χ1v) is 20.0. The predicted octanol–water partition coefficient (Wildman–Crippen LogP) is 15.3. The summed E-state index contributed by atoms with van der Waals surface area (Å²) in [4.78, 5) is 0. The molecule has 0 saturated carbocycles. The molecule has 0 atom stereocenters. The summed E-state index contributed by atoms with van der Waals surface area (Å²) >= 11 is 0. The van der Waals surface area contributed by atoms with Crippen LogP contribution >= 0.6 is 0 Å². The Morgan fingerprint density at radius 2 is 0.768 bits per heavy atom. The molecule has 0 saturated heterocycles. The van der Waals surface area contributed by atoms with E-state index in [1.54, 1.807) is 0 Å². The van der Waals surface area contributed by atoms with E-state index in [0.29, 0.717) is 0 Å². The maximum Gasteiger partial charge on any atom is 0.0159 e. The fourth-order valence-corrected chi connectivity index (χ4v) is 10.9. The van der Waals surface area contributed by atoms with Gasteiger partial charge in [-0.15, -0.1) is 0 Å². The van der Waals surface area contributed by atoms with E-state index in [0.717, 1.165) is 0 Å². The zero-order chi connectivity index (χ0) is 37.5. The van der Waals surface area contributed by atoms with Crippen LogP contribution in [-0.2, 0) is 10.8 Å². The average Bonchev–Trinajstić information content (AvgIpc) is 3.77. The first-order chi connectivity index (χ1) is 27.3. The minimum atomic E-state index is -0.121. The summed E-state index contributed by atoms with van der Waals surface area (Å²) < 4.78 is 0. The third-order valence-corrected chi connectivity index (χ3v) is 13.6. The molecule has 0 N–H and O–H groups in total. The van der Waals surface area contributed by atoms with E-state index in [1.807, 2.05) is 0 Å². The molecule has 0 radical (unpaired) electrons. The minimum absolute atomic E-state index is 0.0230. The first kappa shape index (κ1) is 31.8. The minimum Gasteiger partial charge on any atom is -0.0622 e. The van der Waals surface area contributed by atoms with Gasteiger partial charge in [-0.1, -0.05) is 173 Å². The molecule has 0 heteroatoms. The summed E-state index contributed by atoms with van der Waals surface area (Å²) in [6.07, 6.45) is 0. The molecule has 0 unspecified atom stereocenters. The van der Waals surface area contributed by atoms with Gasteiger partial charge in [-0.05, 0) is 146 Å². The normalized spacial score (nSPS) is 14.7. The van der Waals surface area contributed by atoms with Crippen LogP contribution in [-0.4, -0.2) is 0 Å². The van der Waals surface area contributed by atoms with Crippen LogP contribution in [0.15, 0.2) is 170 Å². The van der Waals surface area contributed by atoms with Crippen LogP contribution in [0.2, 0.25) is 0 Å². The standard InChI is InChI=1S/C56H40/c1-55(2)46-26-11-10-21-38(46)44-31-49-45(32-48(44)55)39-28-27-36(30-47(39)56(49,3)4)35-19-12-20-37(29-35)52-41-23-9-8-22-40(41)51(34-15-6-5-7-16-34)53-42-24-13-17-33-18-14-25-43(50(33)42)54(52)53/h5-32H,1-4H3. The second-order valence-electron chi connectivity index (χ2n) is 17.2. The summed E-state index contributed by atoms with van der Waals surface area (Å²) in [5.74, 6) is 0. The highest BCUT2D eigenvalue weighted by Crippen LogP contribution is 2.59. The highest BCUT2D eigenvalue weighted by atomic mass is 14.4. The Bertz CT molecular complexity index is 3170. The molecule has 0 bridgehead atoms. The quantitative estimate of drug-likeness (QED) is 0.171. The van der Waals surface area contributed by atoms with Crippen molar-refractivity contribution in [3.63, 3.8) is 0 Å². The van der Waals surface area contributed by atoms with Crippen molar-refractivity contribution in [3.8, 4) is 77.9 Å². The van der Waals surface area contributed by atoms with E-state index >= 15 is 0 Å². The number of hydrogen-bond donors (Lipinski definition) is 0. The molecule has 56 heavy (non-hydrogen) atoms. The van der Waals surface area contributed by atoms with Crippen LogP contribution in [0.4, 0.5) is 0 Å². The summed E-state index contributed by atoms with van der Waals surface area (Å²) in [5.41, 5.74) is 24.1. The van der Waals surface area contributed by atoms with Gasteiger partial charge in [0.25, 0.3) is 0 Å². The molecule has 0 spiro atoms. The van der Waals surface area contributed by atoms with E-state index in [-0.39, 0.29) is 10.8 Å². The maximum atomic E-state index is 2.52. The van der Waals surface area contributed by atoms with E-state index in [1.165, 1.54) is 122 Å². The zero-order valence-electron chi connectivity index (χ0n) is 32.2. The second kappa shape index (κ2) is 11.1. The molecule has 0 nitrogen and oxygen atoms in total. The van der Waals surface area contributed by atoms with Gasteiger partial charge >= 0.3 is 0 Å². The van der Waals surface area contributed by atoms with Crippen molar-refractivity contribution in [1.29, 1.82) is 0 Å². The Kier molecular flexibility index (Phi) is 6.28. The first-order valence-electron chi connectivity index (χ1n) is 20.0. The van der Waals surface area contributed by atoms with Gasteiger partial charge in [0.15, 0.2) is 0 Å². The van der Waals surface area contributed by atoms with Crippen molar-refractivity contribution in [1.82, 2.24) is 0 Å². The third-order valence-electron chi connectivity index (χ3n) is 13.6. The lowest BCUT2D eigenvalue weighted by molar-refractivity contribution is 0.652. The van der Waals surface area contributed by atoms with Crippen molar-refractivity contribution in [2.45, 2.75) is 38.5 Å². The fourth-order valence-electron chi connectivity index (χ4n) is 10.9. The van der Waals surface area contributed by atoms with E-state index < -0.39 is 0 Å². The molecule has 0 aliphatic heterocycles. The van der Waals surface area contributed by atoms with E-state index in [2.05, 4.69) is 198 Å². The van der Waals surface area contributed by atoms with Gasteiger partial charge in [0.2, 0.25) is 0 Å². The third kappa shape index (κ3) is 4.09. The molecule has 9 aromatic carbocycles. The van der Waals surface area contributed by atoms with Crippen LogP contribution in [0.1, 0.15) is 49.9 Å². The van der Waals surface area contributed by atoms with Crippen LogP contribution in [0.25, 0.3) is 99.4 Å². The van der Waals surface area contributed by atoms with Crippen molar-refractivity contribution in [2.24, 2.45) is 0 Å². The smallest absolute Gasteiger partial charge is 0.0159 e. The monoisotopic (exact) mass is 712 g/mol. The largest absolute Gasteiger partial charge is 0.0622 e. The van der Waals surface area contributed by atoms with Crippen molar-refractivity contribution in [3.05, 3.63) is 192 Å². The second-order valence-corrected chi connectivity index (χ2v) is 17.2. The molecule has 0 aromatic heterocycles. The molecule has 3 aliphatic carbocycles. The lowest BCUT2D eigenvalue weighted by atomic mass is 9.79. The lowest BCUT2D eigenvalue weighted by Gasteiger charge is -2.24. The van der Waals surface area contributed by atoms with Gasteiger partial charge < -0.3 is 0 Å². The number of benzene rings is 9. The number of rotatable bonds is 3. The zero-order valence-corrected chi connectivity index (χ0v) is 32.2. The van der Waals surface area contributed by atoms with E-state index in [9.17, 15) is 0 Å². The van der Waals surface area contributed by atoms with Crippen LogP contribution < -0.4 is 0 Å². The Hall–Kier alpha value is -6.50. The lowest BCUT2D eigenvalue weighted by Crippen LogP contribution is -2.17. The number of hydrogen-bond acceptors (Lipinski definition) is 0. The highest BCUT2D eigenvalue weighted by molar-refractivity contribution is 6.27. The van der Waals surface area contributed by atoms with Crippen LogP contribution in [0.5, 0.6) is 0 Å². The Balaban J connectivity index is 1.05. The Labute approximate surface area is 328 Å². The average molecular weight is 713 g/mol. The van der Waals surface area contributed by atoms with Crippen molar-refractivity contribution in [2.75, 3.05) is 0 Å². The molecule has 3 aliphatic rings. The summed E-state index contributed by atoms with van der Waals surface area (Å²) in [5, 5.41) is 5.22. The summed E-state index contributed by atoms with van der Waals surface area (Å²) in [6.45, 7) is 9.60. The van der Waals surface area contributed by atoms with Gasteiger partial charge in [-0.25, -0.2) is 0 Å². The van der Waals surface area contributed by atoms with Crippen LogP contribution in [0.3, 0.4) is 0 Å². The fraction of sp³-hybridized carbons (Fsp3) is 0.107. The predicted molar refractivity (Wildman–Crippen MR) is 237 cm³/mol. The Morgan fingerprint density at radius 3 is 1.46 bits per heavy atom. The maximum absolute atomic E-state index is 2.52.